The minimum atomic E-state index is 0.619. The quantitative estimate of drug-likeness (QED) is 0.576. The Labute approximate surface area is 106 Å². The van der Waals surface area contributed by atoms with Crippen molar-refractivity contribution in [2.75, 3.05) is 45.7 Å². The van der Waals surface area contributed by atoms with Crippen molar-refractivity contribution in [1.82, 2.24) is 14.9 Å². The summed E-state index contributed by atoms with van der Waals surface area (Å²) in [6.07, 6.45) is 1.73. The van der Waals surface area contributed by atoms with Crippen LogP contribution in [0.5, 0.6) is 5.88 Å². The SMILES string of the molecule is COc1ccnc(SCCN2CCOCC2)n1. The van der Waals surface area contributed by atoms with Crippen LogP contribution in [0.2, 0.25) is 0 Å². The van der Waals surface area contributed by atoms with E-state index in [1.54, 1.807) is 31.1 Å². The summed E-state index contributed by atoms with van der Waals surface area (Å²) in [5, 5.41) is 0.776. The lowest BCUT2D eigenvalue weighted by Crippen LogP contribution is -2.37. The van der Waals surface area contributed by atoms with Crippen molar-refractivity contribution in [2.24, 2.45) is 0 Å². The second-order valence-corrected chi connectivity index (χ2v) is 4.75. The maximum absolute atomic E-state index is 5.30. The Morgan fingerprint density at radius 2 is 2.29 bits per heavy atom. The number of nitrogens with zero attached hydrogens (tertiary/aromatic N) is 3. The topological polar surface area (TPSA) is 47.5 Å². The van der Waals surface area contributed by atoms with Crippen LogP contribution in [0.1, 0.15) is 0 Å². The van der Waals surface area contributed by atoms with Crippen molar-refractivity contribution in [3.05, 3.63) is 12.3 Å². The van der Waals surface area contributed by atoms with Gasteiger partial charge < -0.3 is 9.47 Å². The van der Waals surface area contributed by atoms with Crippen LogP contribution >= 0.6 is 11.8 Å². The molecular formula is C11H17N3O2S. The molecule has 0 bridgehead atoms. The summed E-state index contributed by atoms with van der Waals surface area (Å²) in [6.45, 7) is 4.80. The standard InChI is InChI=1S/C11H17N3O2S/c1-15-10-2-3-12-11(13-10)17-9-6-14-4-7-16-8-5-14/h2-3H,4-9H2,1H3. The van der Waals surface area contributed by atoms with Gasteiger partial charge in [-0.2, -0.15) is 4.98 Å². The number of thioether (sulfide) groups is 1. The molecule has 0 amide bonds. The van der Waals surface area contributed by atoms with Gasteiger partial charge in [-0.25, -0.2) is 4.98 Å². The van der Waals surface area contributed by atoms with E-state index in [-0.39, 0.29) is 0 Å². The van der Waals surface area contributed by atoms with E-state index in [0.717, 1.165) is 43.8 Å². The predicted molar refractivity (Wildman–Crippen MR) is 66.6 cm³/mol. The van der Waals surface area contributed by atoms with E-state index in [2.05, 4.69) is 14.9 Å². The van der Waals surface area contributed by atoms with E-state index in [4.69, 9.17) is 9.47 Å². The van der Waals surface area contributed by atoms with Crippen LogP contribution in [0, 0.1) is 0 Å². The Balaban J connectivity index is 1.73. The molecule has 0 radical (unpaired) electrons. The number of rotatable bonds is 5. The van der Waals surface area contributed by atoms with Crippen LogP contribution in [0.3, 0.4) is 0 Å². The summed E-state index contributed by atoms with van der Waals surface area (Å²) in [5.41, 5.74) is 0. The molecule has 0 spiro atoms. The van der Waals surface area contributed by atoms with Crippen molar-refractivity contribution < 1.29 is 9.47 Å². The highest BCUT2D eigenvalue weighted by atomic mass is 32.2. The number of ether oxygens (including phenoxy) is 2. The predicted octanol–water partition coefficient (Wildman–Crippen LogP) is 0.909. The average molecular weight is 255 g/mol. The molecule has 1 aromatic rings. The van der Waals surface area contributed by atoms with Gasteiger partial charge >= 0.3 is 0 Å². The third-order valence-electron chi connectivity index (χ3n) is 2.56. The first-order valence-electron chi connectivity index (χ1n) is 5.68. The monoisotopic (exact) mass is 255 g/mol. The van der Waals surface area contributed by atoms with Crippen molar-refractivity contribution in [1.29, 1.82) is 0 Å². The molecule has 1 fully saturated rings. The van der Waals surface area contributed by atoms with Crippen molar-refractivity contribution in [3.8, 4) is 5.88 Å². The van der Waals surface area contributed by atoms with Gasteiger partial charge in [-0.3, -0.25) is 4.90 Å². The minimum absolute atomic E-state index is 0.619. The minimum Gasteiger partial charge on any atom is -0.481 e. The lowest BCUT2D eigenvalue weighted by atomic mass is 10.4. The first kappa shape index (κ1) is 12.6. The lowest BCUT2D eigenvalue weighted by Gasteiger charge is -2.26. The van der Waals surface area contributed by atoms with E-state index in [9.17, 15) is 0 Å². The van der Waals surface area contributed by atoms with Crippen molar-refractivity contribution in [3.63, 3.8) is 0 Å². The molecule has 94 valence electrons. The lowest BCUT2D eigenvalue weighted by molar-refractivity contribution is 0.0410. The van der Waals surface area contributed by atoms with Gasteiger partial charge in [0.25, 0.3) is 0 Å². The summed E-state index contributed by atoms with van der Waals surface area (Å²) in [6, 6.07) is 1.76. The number of hydrogen-bond acceptors (Lipinski definition) is 6. The van der Waals surface area contributed by atoms with Gasteiger partial charge in [-0.15, -0.1) is 0 Å². The molecule has 6 heteroatoms. The van der Waals surface area contributed by atoms with Crippen molar-refractivity contribution >= 4 is 11.8 Å². The highest BCUT2D eigenvalue weighted by Gasteiger charge is 2.10. The van der Waals surface area contributed by atoms with Crippen LogP contribution in [-0.4, -0.2) is 60.6 Å². The molecule has 0 aromatic carbocycles. The highest BCUT2D eigenvalue weighted by Crippen LogP contribution is 2.15. The summed E-state index contributed by atoms with van der Waals surface area (Å²) >= 11 is 1.66. The van der Waals surface area contributed by atoms with Crippen LogP contribution in [0.25, 0.3) is 0 Å². The third kappa shape index (κ3) is 4.14. The van der Waals surface area contributed by atoms with Crippen molar-refractivity contribution in [2.45, 2.75) is 5.16 Å². The van der Waals surface area contributed by atoms with Gasteiger partial charge in [0.2, 0.25) is 5.88 Å². The van der Waals surface area contributed by atoms with Gasteiger partial charge in [0, 0.05) is 37.7 Å². The van der Waals surface area contributed by atoms with Crippen LogP contribution < -0.4 is 4.74 Å². The number of aromatic nitrogens is 2. The molecule has 1 saturated heterocycles. The Kier molecular flexibility index (Phi) is 5.03. The molecule has 0 N–H and O–H groups in total. The average Bonchev–Trinajstić information content (AvgIpc) is 2.40. The maximum atomic E-state index is 5.30. The van der Waals surface area contributed by atoms with Gasteiger partial charge in [-0.1, -0.05) is 11.8 Å². The summed E-state index contributed by atoms with van der Waals surface area (Å²) in [4.78, 5) is 10.9. The Bertz CT molecular complexity index is 345. The first-order chi connectivity index (χ1) is 8.38. The van der Waals surface area contributed by atoms with E-state index >= 15 is 0 Å². The molecule has 5 nitrogen and oxygen atoms in total. The fourth-order valence-electron chi connectivity index (χ4n) is 1.60. The van der Waals surface area contributed by atoms with Gasteiger partial charge in [0.1, 0.15) is 0 Å². The molecule has 2 heterocycles. The summed E-state index contributed by atoms with van der Waals surface area (Å²) in [7, 11) is 1.62. The number of hydrogen-bond donors (Lipinski definition) is 0. The molecule has 0 aliphatic carbocycles. The molecule has 1 aliphatic rings. The van der Waals surface area contributed by atoms with Gasteiger partial charge in [-0.05, 0) is 0 Å². The third-order valence-corrected chi connectivity index (χ3v) is 3.40. The Morgan fingerprint density at radius 3 is 3.06 bits per heavy atom. The van der Waals surface area contributed by atoms with E-state index in [1.807, 2.05) is 0 Å². The maximum Gasteiger partial charge on any atom is 0.216 e. The Hall–Kier alpha value is -0.850. The second kappa shape index (κ2) is 6.78. The summed E-state index contributed by atoms with van der Waals surface area (Å²) in [5.74, 6) is 1.61. The van der Waals surface area contributed by atoms with E-state index in [1.165, 1.54) is 0 Å². The Morgan fingerprint density at radius 1 is 1.47 bits per heavy atom. The zero-order valence-corrected chi connectivity index (χ0v) is 10.8. The molecule has 17 heavy (non-hydrogen) atoms. The normalized spacial score (nSPS) is 17.0. The largest absolute Gasteiger partial charge is 0.481 e. The molecule has 0 unspecified atom stereocenters. The zero-order chi connectivity index (χ0) is 11.9. The van der Waals surface area contributed by atoms with Gasteiger partial charge in [0.15, 0.2) is 5.16 Å². The smallest absolute Gasteiger partial charge is 0.216 e. The van der Waals surface area contributed by atoms with E-state index < -0.39 is 0 Å². The molecule has 0 atom stereocenters. The van der Waals surface area contributed by atoms with E-state index in [0.29, 0.717) is 5.88 Å². The fourth-order valence-corrected chi connectivity index (χ4v) is 2.42. The van der Waals surface area contributed by atoms with Crippen LogP contribution in [0.4, 0.5) is 0 Å². The molecule has 2 rings (SSSR count). The second-order valence-electron chi connectivity index (χ2n) is 3.68. The van der Waals surface area contributed by atoms with Crippen LogP contribution in [0.15, 0.2) is 17.4 Å². The van der Waals surface area contributed by atoms with Crippen LogP contribution in [-0.2, 0) is 4.74 Å². The van der Waals surface area contributed by atoms with Gasteiger partial charge in [0.05, 0.1) is 20.3 Å². The zero-order valence-electron chi connectivity index (χ0n) is 9.96. The molecule has 1 aliphatic heterocycles. The fraction of sp³-hybridized carbons (Fsp3) is 0.636. The molecule has 0 saturated carbocycles. The number of methoxy groups -OCH3 is 1. The summed E-state index contributed by atoms with van der Waals surface area (Å²) < 4.78 is 10.4. The molecule has 1 aromatic heterocycles. The first-order valence-corrected chi connectivity index (χ1v) is 6.67. The number of morpholine rings is 1. The molecular weight excluding hydrogens is 238 g/mol. The highest BCUT2D eigenvalue weighted by molar-refractivity contribution is 7.99.